The average Bonchev–Trinajstić information content (AvgIpc) is 1.87. The van der Waals surface area contributed by atoms with Gasteiger partial charge in [-0.3, -0.25) is 0 Å². The molecular weight excluding hydrogens is 119 g/mol. The first-order chi connectivity index (χ1) is 3.29. The summed E-state index contributed by atoms with van der Waals surface area (Å²) in [5.74, 6) is 0. The Bertz CT molecular complexity index is 92.2. The predicted octanol–water partition coefficient (Wildman–Crippen LogP) is 0.718. The molecule has 0 bridgehead atoms. The van der Waals surface area contributed by atoms with Crippen LogP contribution in [0.5, 0.6) is 0 Å². The van der Waals surface area contributed by atoms with Gasteiger partial charge in [-0.1, -0.05) is 11.6 Å². The maximum Gasteiger partial charge on any atom is 0.510 e. The smallest absolute Gasteiger partial charge is 0.429 e. The number of hydrogen-bond donors (Lipinski definition) is 0. The molecule has 0 aromatic heterocycles. The standard InChI is InChI=1S/C3H3ClO3/c4-2-1-6-3(5)7-2/h2H,1H2/t2-/m0/s1. The number of cyclic esters (lactones) is 2. The molecule has 0 amide bonds. The van der Waals surface area contributed by atoms with Crippen LogP contribution in [-0.4, -0.2) is 18.3 Å². The average molecular weight is 123 g/mol. The second kappa shape index (κ2) is 1.58. The van der Waals surface area contributed by atoms with Crippen LogP contribution in [0.25, 0.3) is 0 Å². The Morgan fingerprint density at radius 1 is 1.86 bits per heavy atom. The Kier molecular flexibility index (Phi) is 1.06. The van der Waals surface area contributed by atoms with E-state index in [4.69, 9.17) is 11.6 Å². The van der Waals surface area contributed by atoms with Gasteiger partial charge in [-0.2, -0.15) is 0 Å². The molecule has 0 radical (unpaired) electrons. The van der Waals surface area contributed by atoms with Crippen LogP contribution in [0.3, 0.4) is 0 Å². The monoisotopic (exact) mass is 122 g/mol. The first kappa shape index (κ1) is 4.71. The van der Waals surface area contributed by atoms with Crippen LogP contribution in [0, 0.1) is 0 Å². The van der Waals surface area contributed by atoms with E-state index in [1.165, 1.54) is 0 Å². The van der Waals surface area contributed by atoms with Crippen molar-refractivity contribution in [3.63, 3.8) is 0 Å². The molecule has 1 aliphatic heterocycles. The summed E-state index contributed by atoms with van der Waals surface area (Å²) < 4.78 is 8.54. The molecule has 3 nitrogen and oxygen atoms in total. The van der Waals surface area contributed by atoms with Crippen LogP contribution in [0.4, 0.5) is 4.79 Å². The Hall–Kier alpha value is -0.440. The Morgan fingerprint density at radius 3 is 2.71 bits per heavy atom. The summed E-state index contributed by atoms with van der Waals surface area (Å²) in [5.41, 5.74) is -0.576. The first-order valence-corrected chi connectivity index (χ1v) is 2.20. The molecule has 0 unspecified atom stereocenters. The van der Waals surface area contributed by atoms with E-state index in [0.29, 0.717) is 0 Å². The van der Waals surface area contributed by atoms with Crippen molar-refractivity contribution in [2.24, 2.45) is 0 Å². The molecule has 4 heteroatoms. The van der Waals surface area contributed by atoms with Gasteiger partial charge < -0.3 is 9.47 Å². The Morgan fingerprint density at radius 2 is 2.57 bits per heavy atom. The Labute approximate surface area is 45.2 Å². The van der Waals surface area contributed by atoms with Crippen molar-refractivity contribution < 1.29 is 14.3 Å². The van der Waals surface area contributed by atoms with Gasteiger partial charge in [0.2, 0.25) is 5.56 Å². The lowest BCUT2D eigenvalue weighted by Crippen LogP contribution is -1.97. The van der Waals surface area contributed by atoms with E-state index >= 15 is 0 Å². The molecule has 0 spiro atoms. The third-order valence-electron chi connectivity index (χ3n) is 0.556. The molecule has 0 aromatic rings. The largest absolute Gasteiger partial charge is 0.510 e. The van der Waals surface area contributed by atoms with Gasteiger partial charge in [-0.05, 0) is 0 Å². The van der Waals surface area contributed by atoms with Crippen LogP contribution >= 0.6 is 11.6 Å². The van der Waals surface area contributed by atoms with Gasteiger partial charge in [0.25, 0.3) is 0 Å². The molecular formula is C3H3ClO3. The van der Waals surface area contributed by atoms with Crippen LogP contribution in [-0.2, 0) is 9.47 Å². The van der Waals surface area contributed by atoms with Gasteiger partial charge in [0.05, 0.1) is 0 Å². The molecule has 1 heterocycles. The minimum atomic E-state index is -0.681. The number of rotatable bonds is 0. The zero-order valence-electron chi connectivity index (χ0n) is 3.39. The van der Waals surface area contributed by atoms with Crippen LogP contribution in [0.1, 0.15) is 0 Å². The van der Waals surface area contributed by atoms with Crippen molar-refractivity contribution >= 4 is 17.8 Å². The molecule has 1 aliphatic rings. The van der Waals surface area contributed by atoms with Gasteiger partial charge in [0.15, 0.2) is 0 Å². The van der Waals surface area contributed by atoms with E-state index in [0.717, 1.165) is 0 Å². The highest BCUT2D eigenvalue weighted by molar-refractivity contribution is 6.20. The summed E-state index contributed by atoms with van der Waals surface area (Å²) in [6.45, 7) is 0.167. The highest BCUT2D eigenvalue weighted by atomic mass is 35.5. The van der Waals surface area contributed by atoms with Gasteiger partial charge in [-0.25, -0.2) is 4.79 Å². The zero-order chi connectivity index (χ0) is 5.28. The fraction of sp³-hybridized carbons (Fsp3) is 0.667. The highest BCUT2D eigenvalue weighted by Crippen LogP contribution is 2.08. The van der Waals surface area contributed by atoms with Crippen molar-refractivity contribution in [3.05, 3.63) is 0 Å². The normalized spacial score (nSPS) is 29.3. The van der Waals surface area contributed by atoms with Gasteiger partial charge in [-0.15, -0.1) is 0 Å². The summed E-state index contributed by atoms with van der Waals surface area (Å²) in [7, 11) is 0. The highest BCUT2D eigenvalue weighted by Gasteiger charge is 2.21. The third kappa shape index (κ3) is 0.962. The maximum absolute atomic E-state index is 9.92. The lowest BCUT2D eigenvalue weighted by molar-refractivity contribution is 0.128. The minimum absolute atomic E-state index is 0.167. The van der Waals surface area contributed by atoms with Gasteiger partial charge >= 0.3 is 6.16 Å². The molecule has 0 aliphatic carbocycles. The second-order valence-electron chi connectivity index (χ2n) is 1.09. The van der Waals surface area contributed by atoms with E-state index in [-0.39, 0.29) is 6.61 Å². The van der Waals surface area contributed by atoms with Crippen molar-refractivity contribution in [1.29, 1.82) is 0 Å². The van der Waals surface area contributed by atoms with E-state index < -0.39 is 11.7 Å². The third-order valence-corrected chi connectivity index (χ3v) is 0.771. The maximum atomic E-state index is 9.92. The lowest BCUT2D eigenvalue weighted by atomic mass is 10.8. The van der Waals surface area contributed by atoms with Crippen molar-refractivity contribution in [2.75, 3.05) is 6.61 Å². The van der Waals surface area contributed by atoms with Gasteiger partial charge in [0.1, 0.15) is 6.61 Å². The Balaban J connectivity index is 2.40. The molecule has 0 N–H and O–H groups in total. The summed E-state index contributed by atoms with van der Waals surface area (Å²) in [4.78, 5) is 9.92. The number of carbonyl (C=O) groups excluding carboxylic acids is 1. The van der Waals surface area contributed by atoms with Crippen LogP contribution in [0.15, 0.2) is 0 Å². The number of carbonyl (C=O) groups is 1. The predicted molar refractivity (Wildman–Crippen MR) is 22.1 cm³/mol. The number of hydrogen-bond acceptors (Lipinski definition) is 3. The summed E-state index contributed by atoms with van der Waals surface area (Å²) in [6, 6.07) is 0. The fourth-order valence-electron chi connectivity index (χ4n) is 0.306. The molecule has 0 aromatic carbocycles. The van der Waals surface area contributed by atoms with E-state index in [1.807, 2.05) is 0 Å². The number of ether oxygens (including phenoxy) is 2. The molecule has 1 atom stereocenters. The van der Waals surface area contributed by atoms with Gasteiger partial charge in [0, 0.05) is 0 Å². The van der Waals surface area contributed by atoms with Crippen molar-refractivity contribution in [2.45, 2.75) is 5.56 Å². The molecule has 1 rings (SSSR count). The van der Waals surface area contributed by atoms with Crippen molar-refractivity contribution in [1.82, 2.24) is 0 Å². The second-order valence-corrected chi connectivity index (χ2v) is 1.58. The summed E-state index contributed by atoms with van der Waals surface area (Å²) >= 11 is 5.24. The minimum Gasteiger partial charge on any atom is -0.429 e. The lowest BCUT2D eigenvalue weighted by Gasteiger charge is -1.87. The summed E-state index contributed by atoms with van der Waals surface area (Å²) in [6.07, 6.45) is -0.681. The molecule has 40 valence electrons. The van der Waals surface area contributed by atoms with Crippen LogP contribution in [0.2, 0.25) is 0 Å². The number of alkyl halides is 1. The fourth-order valence-corrected chi connectivity index (χ4v) is 0.442. The molecule has 0 saturated carbocycles. The van der Waals surface area contributed by atoms with E-state index in [1.54, 1.807) is 0 Å². The zero-order valence-corrected chi connectivity index (χ0v) is 4.14. The quantitative estimate of drug-likeness (QED) is 0.351. The molecule has 1 saturated heterocycles. The van der Waals surface area contributed by atoms with E-state index in [9.17, 15) is 4.79 Å². The van der Waals surface area contributed by atoms with E-state index in [2.05, 4.69) is 9.47 Å². The summed E-state index contributed by atoms with van der Waals surface area (Å²) in [5, 5.41) is 0. The van der Waals surface area contributed by atoms with Crippen molar-refractivity contribution in [3.8, 4) is 0 Å². The SMILES string of the molecule is O=C1OC[C@@H](Cl)O1. The number of halogens is 1. The molecule has 7 heavy (non-hydrogen) atoms. The topological polar surface area (TPSA) is 35.5 Å². The molecule has 1 fully saturated rings. The van der Waals surface area contributed by atoms with Crippen LogP contribution < -0.4 is 0 Å². The first-order valence-electron chi connectivity index (χ1n) is 1.76.